The molecule has 0 aromatic heterocycles. The van der Waals surface area contributed by atoms with Gasteiger partial charge in [-0.25, -0.2) is 4.39 Å². The van der Waals surface area contributed by atoms with E-state index >= 15 is 0 Å². The minimum absolute atomic E-state index is 0.0750. The van der Waals surface area contributed by atoms with E-state index in [-0.39, 0.29) is 18.6 Å². The van der Waals surface area contributed by atoms with Crippen LogP contribution in [0, 0.1) is 19.7 Å². The second-order valence-corrected chi connectivity index (χ2v) is 8.88. The van der Waals surface area contributed by atoms with Gasteiger partial charge in [-0.05, 0) is 61.9 Å². The van der Waals surface area contributed by atoms with Gasteiger partial charge in [0.1, 0.15) is 24.3 Å². The summed E-state index contributed by atoms with van der Waals surface area (Å²) in [5, 5.41) is 0. The summed E-state index contributed by atoms with van der Waals surface area (Å²) in [7, 11) is 0. The minimum atomic E-state index is -0.243. The second-order valence-electron chi connectivity index (χ2n) is 8.88. The van der Waals surface area contributed by atoms with Gasteiger partial charge in [0, 0.05) is 30.0 Å². The molecule has 1 aliphatic rings. The molecule has 1 saturated heterocycles. The Morgan fingerprint density at radius 2 is 1.24 bits per heavy atom. The summed E-state index contributed by atoms with van der Waals surface area (Å²) in [6, 6.07) is 32.4. The van der Waals surface area contributed by atoms with Gasteiger partial charge < -0.3 is 14.5 Å². The zero-order chi connectivity index (χ0) is 23.5. The molecular formula is C30H29FN2O. The molecule has 5 rings (SSSR count). The lowest BCUT2D eigenvalue weighted by Crippen LogP contribution is -2.30. The SMILES string of the molecule is Cc1ccc(N2CCN(c3ccc(C)cc3)C2c2ccc(OCc3ccccc3F)cc2)cc1. The molecule has 1 aliphatic heterocycles. The van der Waals surface area contributed by atoms with E-state index in [9.17, 15) is 4.39 Å². The van der Waals surface area contributed by atoms with Crippen molar-refractivity contribution in [3.05, 3.63) is 125 Å². The molecule has 0 spiro atoms. The summed E-state index contributed by atoms with van der Waals surface area (Å²) < 4.78 is 19.8. The Balaban J connectivity index is 1.42. The minimum Gasteiger partial charge on any atom is -0.489 e. The van der Waals surface area contributed by atoms with Crippen molar-refractivity contribution >= 4 is 11.4 Å². The molecule has 34 heavy (non-hydrogen) atoms. The molecule has 4 aromatic carbocycles. The Bertz CT molecular complexity index is 1180. The zero-order valence-corrected chi connectivity index (χ0v) is 19.6. The molecule has 0 amide bonds. The van der Waals surface area contributed by atoms with Crippen molar-refractivity contribution in [3.63, 3.8) is 0 Å². The fraction of sp³-hybridized carbons (Fsp3) is 0.200. The number of rotatable bonds is 6. The highest BCUT2D eigenvalue weighted by Gasteiger charge is 2.33. The topological polar surface area (TPSA) is 15.7 Å². The van der Waals surface area contributed by atoms with Gasteiger partial charge in [0.2, 0.25) is 0 Å². The highest BCUT2D eigenvalue weighted by Crippen LogP contribution is 2.38. The smallest absolute Gasteiger partial charge is 0.129 e. The number of hydrogen-bond donors (Lipinski definition) is 0. The van der Waals surface area contributed by atoms with Crippen LogP contribution >= 0.6 is 0 Å². The molecule has 172 valence electrons. The molecule has 4 heteroatoms. The van der Waals surface area contributed by atoms with E-state index in [0.717, 1.165) is 18.8 Å². The van der Waals surface area contributed by atoms with Gasteiger partial charge in [-0.1, -0.05) is 65.7 Å². The van der Waals surface area contributed by atoms with Crippen LogP contribution in [0.15, 0.2) is 97.1 Å². The Morgan fingerprint density at radius 3 is 1.76 bits per heavy atom. The molecule has 0 atom stereocenters. The maximum absolute atomic E-state index is 13.9. The Kier molecular flexibility index (Phi) is 6.22. The maximum Gasteiger partial charge on any atom is 0.129 e. The lowest BCUT2D eigenvalue weighted by Gasteiger charge is -2.33. The second kappa shape index (κ2) is 9.60. The number of hydrogen-bond acceptors (Lipinski definition) is 3. The van der Waals surface area contributed by atoms with Gasteiger partial charge in [0.05, 0.1) is 0 Å². The van der Waals surface area contributed by atoms with Gasteiger partial charge >= 0.3 is 0 Å². The molecule has 4 aromatic rings. The van der Waals surface area contributed by atoms with E-state index in [2.05, 4.69) is 84.3 Å². The van der Waals surface area contributed by atoms with E-state index < -0.39 is 0 Å². The van der Waals surface area contributed by atoms with Crippen LogP contribution in [0.3, 0.4) is 0 Å². The summed E-state index contributed by atoms with van der Waals surface area (Å²) in [5.74, 6) is 0.487. The van der Waals surface area contributed by atoms with Crippen LogP contribution < -0.4 is 14.5 Å². The van der Waals surface area contributed by atoms with Gasteiger partial charge in [-0.3, -0.25) is 0 Å². The predicted molar refractivity (Wildman–Crippen MR) is 137 cm³/mol. The summed E-state index contributed by atoms with van der Waals surface area (Å²) in [4.78, 5) is 4.91. The van der Waals surface area contributed by atoms with Crippen LogP contribution in [-0.4, -0.2) is 13.1 Å². The van der Waals surface area contributed by atoms with Gasteiger partial charge in [0.15, 0.2) is 0 Å². The Hall–Kier alpha value is -3.79. The first-order valence-electron chi connectivity index (χ1n) is 11.7. The van der Waals surface area contributed by atoms with Crippen molar-refractivity contribution in [1.82, 2.24) is 0 Å². The number of anilines is 2. The molecule has 0 aliphatic carbocycles. The van der Waals surface area contributed by atoms with Gasteiger partial charge in [0.25, 0.3) is 0 Å². The highest BCUT2D eigenvalue weighted by molar-refractivity contribution is 5.59. The van der Waals surface area contributed by atoms with Crippen LogP contribution in [0.2, 0.25) is 0 Å². The normalized spacial score (nSPS) is 14.0. The molecule has 0 radical (unpaired) electrons. The summed E-state index contributed by atoms with van der Waals surface area (Å²) in [6.07, 6.45) is 0.0750. The predicted octanol–water partition coefficient (Wildman–Crippen LogP) is 7.05. The van der Waals surface area contributed by atoms with Crippen LogP contribution in [0.5, 0.6) is 5.75 Å². The first-order chi connectivity index (χ1) is 16.6. The molecular weight excluding hydrogens is 423 g/mol. The number of aryl methyl sites for hydroxylation is 2. The summed E-state index contributed by atoms with van der Waals surface area (Å²) >= 11 is 0. The van der Waals surface area contributed by atoms with E-state index in [1.54, 1.807) is 12.1 Å². The molecule has 0 bridgehead atoms. The highest BCUT2D eigenvalue weighted by atomic mass is 19.1. The fourth-order valence-electron chi connectivity index (χ4n) is 4.51. The maximum atomic E-state index is 13.9. The molecule has 0 N–H and O–H groups in total. The van der Waals surface area contributed by atoms with Crippen molar-refractivity contribution in [1.29, 1.82) is 0 Å². The third-order valence-corrected chi connectivity index (χ3v) is 6.43. The lowest BCUT2D eigenvalue weighted by molar-refractivity contribution is 0.299. The van der Waals surface area contributed by atoms with Gasteiger partial charge in [-0.2, -0.15) is 0 Å². The molecule has 0 unspecified atom stereocenters. The molecule has 1 fully saturated rings. The number of halogens is 1. The van der Waals surface area contributed by atoms with E-state index in [1.165, 1.54) is 34.1 Å². The summed E-state index contributed by atoms with van der Waals surface area (Å²) in [6.45, 7) is 6.31. The van der Waals surface area contributed by atoms with Gasteiger partial charge in [-0.15, -0.1) is 0 Å². The average molecular weight is 453 g/mol. The first-order valence-corrected chi connectivity index (χ1v) is 11.7. The largest absolute Gasteiger partial charge is 0.489 e. The van der Waals surface area contributed by atoms with Crippen LogP contribution in [-0.2, 0) is 6.61 Å². The van der Waals surface area contributed by atoms with Crippen molar-refractivity contribution < 1.29 is 9.13 Å². The fourth-order valence-corrected chi connectivity index (χ4v) is 4.51. The zero-order valence-electron chi connectivity index (χ0n) is 19.6. The van der Waals surface area contributed by atoms with Crippen molar-refractivity contribution in [2.24, 2.45) is 0 Å². The average Bonchev–Trinajstić information content (AvgIpc) is 3.30. The monoisotopic (exact) mass is 452 g/mol. The molecule has 3 nitrogen and oxygen atoms in total. The van der Waals surface area contributed by atoms with Crippen LogP contribution in [0.1, 0.15) is 28.4 Å². The quantitative estimate of drug-likeness (QED) is 0.312. The summed E-state index contributed by atoms with van der Waals surface area (Å²) in [5.41, 5.74) is 6.68. The van der Waals surface area contributed by atoms with Crippen molar-refractivity contribution in [3.8, 4) is 5.75 Å². The van der Waals surface area contributed by atoms with Crippen molar-refractivity contribution in [2.75, 3.05) is 22.9 Å². The lowest BCUT2D eigenvalue weighted by atomic mass is 10.1. The van der Waals surface area contributed by atoms with Crippen LogP contribution in [0.4, 0.5) is 15.8 Å². The standard InChI is InChI=1S/C30H29FN2O/c1-22-7-13-26(14-8-22)32-19-20-33(27-15-9-23(2)10-16-27)30(32)24-11-17-28(18-12-24)34-21-25-5-3-4-6-29(25)31/h3-18,30H,19-21H2,1-2H3. The number of ether oxygens (including phenoxy) is 1. The first kappa shape index (κ1) is 22.0. The third-order valence-electron chi connectivity index (χ3n) is 6.43. The van der Waals surface area contributed by atoms with E-state index in [0.29, 0.717) is 5.56 Å². The van der Waals surface area contributed by atoms with Crippen molar-refractivity contribution in [2.45, 2.75) is 26.6 Å². The number of nitrogens with zero attached hydrogens (tertiary/aromatic N) is 2. The number of benzene rings is 4. The van der Waals surface area contributed by atoms with Crippen LogP contribution in [0.25, 0.3) is 0 Å². The van der Waals surface area contributed by atoms with E-state index in [1.807, 2.05) is 18.2 Å². The molecule has 0 saturated carbocycles. The Morgan fingerprint density at radius 1 is 0.706 bits per heavy atom. The Labute approximate surface area is 201 Å². The third kappa shape index (κ3) is 4.62. The van der Waals surface area contributed by atoms with E-state index in [4.69, 9.17) is 4.74 Å². The molecule has 1 heterocycles.